The van der Waals surface area contributed by atoms with Gasteiger partial charge in [0.1, 0.15) is 29.3 Å². The van der Waals surface area contributed by atoms with Crippen LogP contribution in [0.2, 0.25) is 0 Å². The number of carbonyl (C=O) groups is 1. The molecule has 2 spiro atoms. The second-order valence-corrected chi connectivity index (χ2v) is 17.8. The highest BCUT2D eigenvalue weighted by molar-refractivity contribution is 7.95. The van der Waals surface area contributed by atoms with Gasteiger partial charge in [-0.15, -0.1) is 0 Å². The Labute approximate surface area is 272 Å². The number of amides is 1. The average Bonchev–Trinajstić information content (AvgIpc) is 3.10. The van der Waals surface area contributed by atoms with Crippen LogP contribution in [0.5, 0.6) is 0 Å². The zero-order valence-corrected chi connectivity index (χ0v) is 27.3. The van der Waals surface area contributed by atoms with E-state index in [4.69, 9.17) is 24.3 Å². The molecule has 1 heterocycles. The molecule has 242 valence electrons. The van der Waals surface area contributed by atoms with E-state index < -0.39 is 18.8 Å². The highest BCUT2D eigenvalue weighted by atomic mass is 31.2. The molecule has 3 aromatic rings. The Hall–Kier alpha value is -2.80. The van der Waals surface area contributed by atoms with Crippen LogP contribution in [0.25, 0.3) is 0 Å². The van der Waals surface area contributed by atoms with E-state index in [9.17, 15) is 4.79 Å². The molecule has 5 saturated carbocycles. The lowest BCUT2D eigenvalue weighted by atomic mass is 9.53. The number of hydrogen-bond acceptors (Lipinski definition) is 6. The smallest absolute Gasteiger partial charge is 0.407 e. The number of hydrogen-bond donors (Lipinski definition) is 1. The lowest BCUT2D eigenvalue weighted by Crippen LogP contribution is -2.64. The van der Waals surface area contributed by atoms with E-state index in [-0.39, 0.29) is 12.2 Å². The van der Waals surface area contributed by atoms with Gasteiger partial charge in [0.15, 0.2) is 0 Å². The molecule has 5 aliphatic carbocycles. The fraction of sp³-hybridized carbons (Fsp3) is 0.500. The Bertz CT molecular complexity index is 1340. The molecule has 1 aliphatic heterocycles. The molecule has 1 N–H and O–H groups in total. The van der Waals surface area contributed by atoms with Crippen molar-refractivity contribution < 1.29 is 29.1 Å². The summed E-state index contributed by atoms with van der Waals surface area (Å²) in [6.45, 7) is 0.545. The minimum atomic E-state index is -1.93. The molecule has 6 aliphatic rings. The van der Waals surface area contributed by atoms with Crippen molar-refractivity contribution in [2.24, 2.45) is 23.7 Å². The van der Waals surface area contributed by atoms with Crippen LogP contribution in [-0.4, -0.2) is 36.5 Å². The lowest BCUT2D eigenvalue weighted by molar-refractivity contribution is -0.680. The third-order valence-corrected chi connectivity index (χ3v) is 15.9. The summed E-state index contributed by atoms with van der Waals surface area (Å²) < 4.78 is 5.86. The van der Waals surface area contributed by atoms with Gasteiger partial charge in [0.2, 0.25) is 11.6 Å². The number of ether oxygens (including phenoxy) is 1. The molecule has 6 fully saturated rings. The van der Waals surface area contributed by atoms with Gasteiger partial charge in [-0.05, 0) is 99.6 Å². The summed E-state index contributed by atoms with van der Waals surface area (Å²) in [6, 6.07) is 32.5. The molecule has 9 rings (SSSR count). The Kier molecular flexibility index (Phi) is 8.41. The molecule has 1 saturated heterocycles. The van der Waals surface area contributed by atoms with Gasteiger partial charge in [-0.25, -0.2) is 4.79 Å². The number of rotatable bonds is 8. The van der Waals surface area contributed by atoms with E-state index in [1.54, 1.807) is 0 Å². The fourth-order valence-corrected chi connectivity index (χ4v) is 13.7. The van der Waals surface area contributed by atoms with Crippen molar-refractivity contribution in [3.05, 3.63) is 91.0 Å². The summed E-state index contributed by atoms with van der Waals surface area (Å²) >= 11 is 0. The Morgan fingerprint density at radius 1 is 0.696 bits per heavy atom. The van der Waals surface area contributed by atoms with Crippen molar-refractivity contribution in [2.45, 2.75) is 81.9 Å². The van der Waals surface area contributed by atoms with Gasteiger partial charge in [0.25, 0.3) is 0 Å². The zero-order chi connectivity index (χ0) is 31.0. The van der Waals surface area contributed by atoms with Crippen LogP contribution >= 0.6 is 7.26 Å². The summed E-state index contributed by atoms with van der Waals surface area (Å²) in [5.74, 6) is 0.643. The molecule has 4 bridgehead atoms. The first kappa shape index (κ1) is 30.5. The van der Waals surface area contributed by atoms with Crippen molar-refractivity contribution in [1.29, 1.82) is 0 Å². The van der Waals surface area contributed by atoms with Gasteiger partial charge in [-0.3, -0.25) is 0 Å². The average molecular weight is 643 g/mol. The van der Waals surface area contributed by atoms with Gasteiger partial charge in [0, 0.05) is 31.2 Å². The van der Waals surface area contributed by atoms with Crippen molar-refractivity contribution in [1.82, 2.24) is 5.32 Å². The summed E-state index contributed by atoms with van der Waals surface area (Å²) in [7, 11) is -1.93. The van der Waals surface area contributed by atoms with E-state index >= 15 is 0 Å². The predicted octanol–water partition coefficient (Wildman–Crippen LogP) is 6.80. The van der Waals surface area contributed by atoms with Crippen molar-refractivity contribution in [3.8, 4) is 0 Å². The zero-order valence-electron chi connectivity index (χ0n) is 26.4. The van der Waals surface area contributed by atoms with E-state index in [2.05, 4.69) is 96.3 Å². The minimum Gasteiger partial charge on any atom is -0.446 e. The van der Waals surface area contributed by atoms with E-state index in [0.717, 1.165) is 50.1 Å². The first-order chi connectivity index (χ1) is 22.6. The van der Waals surface area contributed by atoms with Crippen molar-refractivity contribution in [2.75, 3.05) is 12.7 Å². The number of nitrogens with one attached hydrogen (secondary N) is 1. The fourth-order valence-electron chi connectivity index (χ4n) is 9.32. The van der Waals surface area contributed by atoms with Crippen LogP contribution < -0.4 is 21.2 Å². The maximum atomic E-state index is 12.9. The lowest BCUT2D eigenvalue weighted by Gasteiger charge is -2.60. The second-order valence-electron chi connectivity index (χ2n) is 14.2. The molecular formula is C38H45NO6P+. The molecule has 3 aromatic carbocycles. The first-order valence-corrected chi connectivity index (χ1v) is 19.3. The maximum Gasteiger partial charge on any atom is 0.407 e. The van der Waals surface area contributed by atoms with Crippen LogP contribution in [0.3, 0.4) is 0 Å². The second kappa shape index (κ2) is 12.7. The Balaban J connectivity index is 0.849. The summed E-state index contributed by atoms with van der Waals surface area (Å²) in [5.41, 5.74) is 0. The summed E-state index contributed by atoms with van der Waals surface area (Å²) in [6.07, 6.45) is 9.53. The Morgan fingerprint density at radius 2 is 1.17 bits per heavy atom. The van der Waals surface area contributed by atoms with Crippen LogP contribution in [0.4, 0.5) is 4.79 Å². The molecular weight excluding hydrogens is 597 g/mol. The standard InChI is InChI=1S/C38H44NO6P/c40-36(39-21-10-22-46(33-11-4-1-5-12-33,34-13-6-2-7-14-34)35-15-8-3-9-16-35)41-32-17-19-37(20-18-32)42-44-38(45-43-37)30-24-28-23-29(26-30)27-31(38)25-28/h1-9,11-16,28-32H,10,17-27H2/p+1. The van der Waals surface area contributed by atoms with Crippen LogP contribution in [0.15, 0.2) is 91.0 Å². The first-order valence-electron chi connectivity index (χ1n) is 17.3. The SMILES string of the molecule is O=C(NCCC[P+](c1ccccc1)(c1ccccc1)c1ccccc1)OC1CCC2(CC1)OOC1(OO2)C2CC3CC(C2)CC1C3. The number of carbonyl (C=O) groups excluding carboxylic acids is 1. The number of alkyl carbamates (subject to hydrolysis) is 1. The summed E-state index contributed by atoms with van der Waals surface area (Å²) in [4.78, 5) is 37.4. The largest absolute Gasteiger partial charge is 0.446 e. The van der Waals surface area contributed by atoms with Gasteiger partial charge < -0.3 is 10.1 Å². The summed E-state index contributed by atoms with van der Waals surface area (Å²) in [5, 5.41) is 7.08. The minimum absolute atomic E-state index is 0.195. The molecule has 0 aromatic heterocycles. The van der Waals surface area contributed by atoms with Crippen LogP contribution in [0, 0.1) is 23.7 Å². The molecule has 0 radical (unpaired) electrons. The molecule has 46 heavy (non-hydrogen) atoms. The number of benzene rings is 3. The van der Waals surface area contributed by atoms with Gasteiger partial charge >= 0.3 is 6.09 Å². The monoisotopic (exact) mass is 642 g/mol. The van der Waals surface area contributed by atoms with Crippen LogP contribution in [-0.2, 0) is 24.3 Å². The van der Waals surface area contributed by atoms with Crippen molar-refractivity contribution >= 4 is 29.3 Å². The highest BCUT2D eigenvalue weighted by Crippen LogP contribution is 2.62. The molecule has 0 unspecified atom stereocenters. The van der Waals surface area contributed by atoms with E-state index in [1.807, 2.05) is 0 Å². The Morgan fingerprint density at radius 3 is 1.65 bits per heavy atom. The third-order valence-electron chi connectivity index (χ3n) is 11.4. The normalized spacial score (nSPS) is 33.3. The highest BCUT2D eigenvalue weighted by Gasteiger charge is 2.64. The van der Waals surface area contributed by atoms with E-state index in [1.165, 1.54) is 22.3 Å². The van der Waals surface area contributed by atoms with Crippen molar-refractivity contribution in [3.63, 3.8) is 0 Å². The molecule has 8 heteroatoms. The molecule has 1 amide bonds. The van der Waals surface area contributed by atoms with E-state index in [0.29, 0.717) is 44.1 Å². The third kappa shape index (κ3) is 5.58. The van der Waals surface area contributed by atoms with Gasteiger partial charge in [0.05, 0.1) is 6.16 Å². The topological polar surface area (TPSA) is 75.3 Å². The van der Waals surface area contributed by atoms with Crippen LogP contribution in [0.1, 0.15) is 64.2 Å². The molecule has 7 nitrogen and oxygen atoms in total. The quantitative estimate of drug-likeness (QED) is 0.166. The maximum absolute atomic E-state index is 12.9. The van der Waals surface area contributed by atoms with Gasteiger partial charge in [-0.1, -0.05) is 54.6 Å². The predicted molar refractivity (Wildman–Crippen MR) is 178 cm³/mol. The van der Waals surface area contributed by atoms with Gasteiger partial charge in [-0.2, -0.15) is 19.6 Å². The molecule has 0 atom stereocenters.